The summed E-state index contributed by atoms with van der Waals surface area (Å²) < 4.78 is 39.3. The lowest BCUT2D eigenvalue weighted by atomic mass is 10.2. The van der Waals surface area contributed by atoms with Crippen LogP contribution >= 0.6 is 11.6 Å². The minimum absolute atomic E-state index is 0.00432. The quantitative estimate of drug-likeness (QED) is 0.525. The molecule has 8 nitrogen and oxygen atoms in total. The van der Waals surface area contributed by atoms with Gasteiger partial charge in [-0.15, -0.1) is 0 Å². The zero-order valence-electron chi connectivity index (χ0n) is 18.1. The van der Waals surface area contributed by atoms with Crippen molar-refractivity contribution in [3.8, 4) is 5.75 Å². The molecule has 0 N–H and O–H groups in total. The van der Waals surface area contributed by atoms with E-state index in [-0.39, 0.29) is 24.0 Å². The van der Waals surface area contributed by atoms with Crippen molar-refractivity contribution in [2.45, 2.75) is 43.2 Å². The molecular formula is C23H25ClN2O6S. The van der Waals surface area contributed by atoms with Crippen LogP contribution in [0.1, 0.15) is 26.2 Å². The number of halogens is 1. The average Bonchev–Trinajstić information content (AvgIpc) is 3.41. The molecule has 10 heteroatoms. The van der Waals surface area contributed by atoms with Crippen LogP contribution in [0.15, 0.2) is 53.4 Å². The van der Waals surface area contributed by atoms with Gasteiger partial charge < -0.3 is 9.47 Å². The topological polar surface area (TPSA) is 93.2 Å². The molecule has 0 aliphatic carbocycles. The van der Waals surface area contributed by atoms with Gasteiger partial charge in [0.25, 0.3) is 5.91 Å². The predicted octanol–water partition coefficient (Wildman–Crippen LogP) is 3.24. The highest BCUT2D eigenvalue weighted by Gasteiger charge is 2.47. The van der Waals surface area contributed by atoms with Crippen LogP contribution in [-0.2, 0) is 24.3 Å². The van der Waals surface area contributed by atoms with E-state index in [0.29, 0.717) is 36.1 Å². The molecule has 2 aromatic rings. The number of benzene rings is 2. The van der Waals surface area contributed by atoms with Gasteiger partial charge in [0.05, 0.1) is 29.7 Å². The molecule has 2 heterocycles. The van der Waals surface area contributed by atoms with Crippen LogP contribution in [0.5, 0.6) is 5.75 Å². The number of carbonyl (C=O) groups is 2. The van der Waals surface area contributed by atoms with Gasteiger partial charge in [-0.2, -0.15) is 4.31 Å². The summed E-state index contributed by atoms with van der Waals surface area (Å²) in [7, 11) is -4.09. The standard InChI is InChI=1S/C23H25ClN2O6S/c1-2-31-18-9-7-17(8-10-18)26-22(27)14-21(23(26)28)25(15-19-4-3-13-32-19)33(29,30)20-11-5-16(24)6-12-20/h5-12,19,21H,2-4,13-15H2,1H3. The fourth-order valence-corrected chi connectivity index (χ4v) is 5.83. The maximum absolute atomic E-state index is 13.6. The predicted molar refractivity (Wildman–Crippen MR) is 123 cm³/mol. The van der Waals surface area contributed by atoms with E-state index in [9.17, 15) is 18.0 Å². The van der Waals surface area contributed by atoms with Crippen molar-refractivity contribution < 1.29 is 27.5 Å². The van der Waals surface area contributed by atoms with Crippen molar-refractivity contribution >= 4 is 39.1 Å². The Labute approximate surface area is 198 Å². The zero-order chi connectivity index (χ0) is 23.6. The maximum atomic E-state index is 13.6. The Morgan fingerprint density at radius 1 is 1.12 bits per heavy atom. The number of hydrogen-bond acceptors (Lipinski definition) is 6. The number of nitrogens with zero attached hydrogens (tertiary/aromatic N) is 2. The number of anilines is 1. The fourth-order valence-electron chi connectivity index (χ4n) is 4.09. The van der Waals surface area contributed by atoms with Crippen molar-refractivity contribution in [1.29, 1.82) is 0 Å². The first kappa shape index (κ1) is 23.7. The van der Waals surface area contributed by atoms with E-state index in [1.54, 1.807) is 24.3 Å². The molecule has 2 amide bonds. The van der Waals surface area contributed by atoms with Crippen molar-refractivity contribution in [3.63, 3.8) is 0 Å². The third-order valence-electron chi connectivity index (χ3n) is 5.70. The summed E-state index contributed by atoms with van der Waals surface area (Å²) in [5.41, 5.74) is 0.372. The van der Waals surface area contributed by atoms with E-state index in [1.165, 1.54) is 24.3 Å². The van der Waals surface area contributed by atoms with Crippen molar-refractivity contribution in [1.82, 2.24) is 4.31 Å². The molecule has 2 saturated heterocycles. The third kappa shape index (κ3) is 4.91. The molecule has 0 spiro atoms. The smallest absolute Gasteiger partial charge is 0.252 e. The number of imide groups is 1. The molecule has 0 bridgehead atoms. The van der Waals surface area contributed by atoms with Crippen LogP contribution in [0.3, 0.4) is 0 Å². The lowest BCUT2D eigenvalue weighted by Crippen LogP contribution is -2.48. The summed E-state index contributed by atoms with van der Waals surface area (Å²) in [4.78, 5) is 27.3. The van der Waals surface area contributed by atoms with Crippen molar-refractivity contribution in [2.24, 2.45) is 0 Å². The Kier molecular flexibility index (Phi) is 7.04. The summed E-state index contributed by atoms with van der Waals surface area (Å²) in [5.74, 6) is -0.431. The van der Waals surface area contributed by atoms with Crippen LogP contribution in [0.2, 0.25) is 5.02 Å². The van der Waals surface area contributed by atoms with E-state index >= 15 is 0 Å². The highest BCUT2D eigenvalue weighted by molar-refractivity contribution is 7.89. The zero-order valence-corrected chi connectivity index (χ0v) is 19.7. The summed E-state index contributed by atoms with van der Waals surface area (Å²) in [6.07, 6.45) is 0.917. The Hall–Kier alpha value is -2.46. The monoisotopic (exact) mass is 492 g/mol. The van der Waals surface area contributed by atoms with Gasteiger partial charge >= 0.3 is 0 Å². The van der Waals surface area contributed by atoms with Crippen molar-refractivity contribution in [3.05, 3.63) is 53.6 Å². The molecule has 2 unspecified atom stereocenters. The van der Waals surface area contributed by atoms with Crippen LogP contribution in [-0.4, -0.2) is 56.4 Å². The number of amides is 2. The molecule has 2 aliphatic rings. The number of carbonyl (C=O) groups excluding carboxylic acids is 2. The van der Waals surface area contributed by atoms with E-state index < -0.39 is 27.9 Å². The van der Waals surface area contributed by atoms with Gasteiger partial charge in [0.15, 0.2) is 0 Å². The second-order valence-electron chi connectivity index (χ2n) is 7.88. The van der Waals surface area contributed by atoms with Gasteiger partial charge in [0, 0.05) is 18.2 Å². The minimum Gasteiger partial charge on any atom is -0.494 e. The molecule has 0 radical (unpaired) electrons. The Bertz CT molecular complexity index is 1110. The molecule has 2 aliphatic heterocycles. The molecular weight excluding hydrogens is 468 g/mol. The van der Waals surface area contributed by atoms with Gasteiger partial charge in [-0.25, -0.2) is 13.3 Å². The third-order valence-corrected chi connectivity index (χ3v) is 7.85. The molecule has 33 heavy (non-hydrogen) atoms. The van der Waals surface area contributed by atoms with Crippen molar-refractivity contribution in [2.75, 3.05) is 24.7 Å². The van der Waals surface area contributed by atoms with Crippen LogP contribution in [0, 0.1) is 0 Å². The van der Waals surface area contributed by atoms with Crippen LogP contribution in [0.4, 0.5) is 5.69 Å². The first-order valence-corrected chi connectivity index (χ1v) is 12.6. The number of rotatable bonds is 8. The average molecular weight is 493 g/mol. The second kappa shape index (κ2) is 9.80. The first-order chi connectivity index (χ1) is 15.8. The van der Waals surface area contributed by atoms with E-state index in [0.717, 1.165) is 15.6 Å². The largest absolute Gasteiger partial charge is 0.494 e. The van der Waals surface area contributed by atoms with Crippen LogP contribution in [0.25, 0.3) is 0 Å². The molecule has 2 atom stereocenters. The summed E-state index contributed by atoms with van der Waals surface area (Å²) >= 11 is 5.92. The summed E-state index contributed by atoms with van der Waals surface area (Å²) in [6.45, 7) is 2.88. The first-order valence-electron chi connectivity index (χ1n) is 10.8. The maximum Gasteiger partial charge on any atom is 0.252 e. The molecule has 2 fully saturated rings. The highest BCUT2D eigenvalue weighted by atomic mass is 35.5. The lowest BCUT2D eigenvalue weighted by molar-refractivity contribution is -0.122. The molecule has 176 valence electrons. The SMILES string of the molecule is CCOc1ccc(N2C(=O)CC(N(CC3CCCO3)S(=O)(=O)c3ccc(Cl)cc3)C2=O)cc1. The molecule has 0 saturated carbocycles. The Balaban J connectivity index is 1.65. The molecule has 0 aromatic heterocycles. The number of sulfonamides is 1. The molecule has 2 aromatic carbocycles. The Morgan fingerprint density at radius 3 is 2.42 bits per heavy atom. The highest BCUT2D eigenvalue weighted by Crippen LogP contribution is 2.31. The van der Waals surface area contributed by atoms with E-state index in [1.807, 2.05) is 6.92 Å². The van der Waals surface area contributed by atoms with Gasteiger partial charge in [0.2, 0.25) is 15.9 Å². The Morgan fingerprint density at radius 2 is 1.82 bits per heavy atom. The van der Waals surface area contributed by atoms with Gasteiger partial charge in [-0.05, 0) is 68.3 Å². The number of hydrogen-bond donors (Lipinski definition) is 0. The van der Waals surface area contributed by atoms with E-state index in [2.05, 4.69) is 0 Å². The van der Waals surface area contributed by atoms with E-state index in [4.69, 9.17) is 21.1 Å². The second-order valence-corrected chi connectivity index (χ2v) is 10.2. The van der Waals surface area contributed by atoms with Gasteiger partial charge in [-0.1, -0.05) is 11.6 Å². The molecule has 4 rings (SSSR count). The van der Waals surface area contributed by atoms with Gasteiger partial charge in [-0.3, -0.25) is 9.59 Å². The summed E-state index contributed by atoms with van der Waals surface area (Å²) in [5, 5.41) is 0.397. The fraction of sp³-hybridized carbons (Fsp3) is 0.391. The van der Waals surface area contributed by atoms with Crippen LogP contribution < -0.4 is 9.64 Å². The minimum atomic E-state index is -4.09. The summed E-state index contributed by atoms with van der Waals surface area (Å²) in [6, 6.07) is 11.1. The number of ether oxygens (including phenoxy) is 2. The lowest BCUT2D eigenvalue weighted by Gasteiger charge is -2.29. The van der Waals surface area contributed by atoms with Gasteiger partial charge in [0.1, 0.15) is 11.8 Å². The normalized spacial score (nSPS) is 21.2.